The zero-order chi connectivity index (χ0) is 13.8. The van der Waals surface area contributed by atoms with Gasteiger partial charge in [0.2, 0.25) is 5.91 Å². The summed E-state index contributed by atoms with van der Waals surface area (Å²) in [6.45, 7) is 0. The fraction of sp³-hybridized carbons (Fsp3) is 0.286. The average molecular weight is 275 g/mol. The lowest BCUT2D eigenvalue weighted by Crippen LogP contribution is -2.44. The van der Waals surface area contributed by atoms with Gasteiger partial charge in [-0.05, 0) is 11.6 Å². The lowest BCUT2D eigenvalue weighted by atomic mass is 10.0. The minimum absolute atomic E-state index is 0.0198. The third-order valence-corrected chi connectivity index (χ3v) is 3.24. The van der Waals surface area contributed by atoms with Crippen molar-refractivity contribution in [2.75, 3.05) is 14.1 Å². The third kappa shape index (κ3) is 2.93. The van der Waals surface area contributed by atoms with Crippen molar-refractivity contribution in [1.82, 2.24) is 15.2 Å². The van der Waals surface area contributed by atoms with E-state index in [9.17, 15) is 4.79 Å². The predicted molar refractivity (Wildman–Crippen MR) is 81.3 cm³/mol. The van der Waals surface area contributed by atoms with E-state index in [1.807, 2.05) is 24.4 Å². The molecule has 0 spiro atoms. The van der Waals surface area contributed by atoms with E-state index < -0.39 is 0 Å². The number of fused-ring (bicyclic) bond motifs is 1. The first-order valence-corrected chi connectivity index (χ1v) is 6.56. The van der Waals surface area contributed by atoms with Gasteiger partial charge in [0.15, 0.2) is 0 Å². The lowest BCUT2D eigenvalue weighted by Gasteiger charge is -2.20. The number of para-hydroxylation sites is 1. The second-order valence-corrected chi connectivity index (χ2v) is 4.87. The molecule has 1 aromatic heterocycles. The molecule has 2 rings (SSSR count). The highest BCUT2D eigenvalue weighted by Gasteiger charge is 2.20. The number of carbonyl (C=O) groups excluding carboxylic acids is 1. The van der Waals surface area contributed by atoms with Crippen LogP contribution in [0, 0.1) is 0 Å². The van der Waals surface area contributed by atoms with Gasteiger partial charge in [0.05, 0.1) is 5.49 Å². The molecule has 0 aliphatic heterocycles. The number of amides is 1. The Labute approximate surface area is 117 Å². The SMILES string of the molecule is CN(C)C(=O)C(Cc1c[nH]c2ccccc12)NC=S. The van der Waals surface area contributed by atoms with E-state index in [1.54, 1.807) is 19.0 Å². The maximum absolute atomic E-state index is 12.1. The van der Waals surface area contributed by atoms with Gasteiger partial charge in [0.1, 0.15) is 6.04 Å². The number of benzene rings is 1. The van der Waals surface area contributed by atoms with E-state index in [4.69, 9.17) is 12.2 Å². The molecule has 1 amide bonds. The van der Waals surface area contributed by atoms with Crippen LogP contribution in [-0.2, 0) is 11.2 Å². The zero-order valence-corrected chi connectivity index (χ0v) is 11.8. The summed E-state index contributed by atoms with van der Waals surface area (Å²) in [5.41, 5.74) is 3.59. The largest absolute Gasteiger partial charge is 0.371 e. The number of thiocarbonyl (C=S) groups is 1. The first-order valence-electron chi connectivity index (χ1n) is 6.09. The van der Waals surface area contributed by atoms with Crippen molar-refractivity contribution in [3.63, 3.8) is 0 Å². The molecule has 0 saturated heterocycles. The highest BCUT2D eigenvalue weighted by atomic mass is 32.1. The Morgan fingerprint density at radius 3 is 2.89 bits per heavy atom. The predicted octanol–water partition coefficient (Wildman–Crippen LogP) is 1.71. The molecular weight excluding hydrogens is 258 g/mol. The molecule has 0 fully saturated rings. The topological polar surface area (TPSA) is 48.1 Å². The van der Waals surface area contributed by atoms with Crippen LogP contribution in [0.4, 0.5) is 0 Å². The molecule has 2 N–H and O–H groups in total. The van der Waals surface area contributed by atoms with Gasteiger partial charge in [-0.2, -0.15) is 0 Å². The number of nitrogens with one attached hydrogen (secondary N) is 2. The smallest absolute Gasteiger partial charge is 0.244 e. The number of aromatic amines is 1. The standard InChI is InChI=1S/C14H17N3OS/c1-17(2)14(18)13(16-9-19)7-10-8-15-12-6-4-3-5-11(10)12/h3-6,8-9,13,15H,7H2,1-2H3,(H,16,19). The number of hydrogen-bond acceptors (Lipinski definition) is 2. The first-order chi connectivity index (χ1) is 9.13. The summed E-state index contributed by atoms with van der Waals surface area (Å²) >= 11 is 4.81. The molecule has 5 heteroatoms. The molecule has 1 atom stereocenters. The van der Waals surface area contributed by atoms with E-state index in [0.717, 1.165) is 16.5 Å². The van der Waals surface area contributed by atoms with Crippen LogP contribution < -0.4 is 5.32 Å². The molecule has 2 aromatic rings. The Balaban J connectivity index is 2.26. The summed E-state index contributed by atoms with van der Waals surface area (Å²) in [5, 5.41) is 4.10. The molecule has 100 valence electrons. The zero-order valence-electron chi connectivity index (χ0n) is 11.0. The summed E-state index contributed by atoms with van der Waals surface area (Å²) in [7, 11) is 3.49. The van der Waals surface area contributed by atoms with E-state index in [0.29, 0.717) is 6.42 Å². The first kappa shape index (κ1) is 13.5. The van der Waals surface area contributed by atoms with E-state index in [2.05, 4.69) is 16.4 Å². The molecule has 0 aliphatic rings. The number of aromatic nitrogens is 1. The van der Waals surface area contributed by atoms with Crippen LogP contribution in [0.25, 0.3) is 10.9 Å². The number of hydrogen-bond donors (Lipinski definition) is 2. The van der Waals surface area contributed by atoms with E-state index in [1.165, 1.54) is 5.49 Å². The van der Waals surface area contributed by atoms with Crippen molar-refractivity contribution in [2.45, 2.75) is 12.5 Å². The number of nitrogens with zero attached hydrogens (tertiary/aromatic N) is 1. The van der Waals surface area contributed by atoms with Gasteiger partial charge >= 0.3 is 0 Å². The molecule has 0 radical (unpaired) electrons. The Morgan fingerprint density at radius 1 is 1.47 bits per heavy atom. The normalized spacial score (nSPS) is 12.1. The van der Waals surface area contributed by atoms with E-state index >= 15 is 0 Å². The van der Waals surface area contributed by atoms with Gasteiger partial charge in [-0.15, -0.1) is 0 Å². The van der Waals surface area contributed by atoms with Crippen LogP contribution in [0.5, 0.6) is 0 Å². The molecule has 1 aromatic carbocycles. The number of likely N-dealkylation sites (N-methyl/N-ethyl adjacent to an activating group) is 1. The maximum Gasteiger partial charge on any atom is 0.244 e. The Hall–Kier alpha value is -1.88. The number of rotatable bonds is 5. The van der Waals surface area contributed by atoms with Gasteiger partial charge in [0, 0.05) is 37.6 Å². The average Bonchev–Trinajstić information content (AvgIpc) is 2.81. The third-order valence-electron chi connectivity index (χ3n) is 3.11. The second kappa shape index (κ2) is 5.84. The van der Waals surface area contributed by atoms with Crippen molar-refractivity contribution in [2.24, 2.45) is 0 Å². The minimum atomic E-state index is -0.327. The summed E-state index contributed by atoms with van der Waals surface area (Å²) < 4.78 is 0. The van der Waals surface area contributed by atoms with Crippen LogP contribution in [0.3, 0.4) is 0 Å². The lowest BCUT2D eigenvalue weighted by molar-refractivity contribution is -0.130. The number of H-pyrrole nitrogens is 1. The molecule has 19 heavy (non-hydrogen) atoms. The molecule has 4 nitrogen and oxygen atoms in total. The van der Waals surface area contributed by atoms with Crippen molar-refractivity contribution in [3.05, 3.63) is 36.0 Å². The Bertz CT molecular complexity index is 591. The fourth-order valence-corrected chi connectivity index (χ4v) is 2.30. The maximum atomic E-state index is 12.1. The van der Waals surface area contributed by atoms with Gasteiger partial charge in [-0.3, -0.25) is 4.79 Å². The van der Waals surface area contributed by atoms with Crippen LogP contribution in [0.1, 0.15) is 5.56 Å². The molecule has 0 saturated carbocycles. The van der Waals surface area contributed by atoms with Gasteiger partial charge < -0.3 is 15.2 Å². The monoisotopic (exact) mass is 275 g/mol. The van der Waals surface area contributed by atoms with Gasteiger partial charge in [-0.1, -0.05) is 30.4 Å². The molecule has 1 unspecified atom stereocenters. The minimum Gasteiger partial charge on any atom is -0.371 e. The Kier molecular flexibility index (Phi) is 4.16. The summed E-state index contributed by atoms with van der Waals surface area (Å²) in [6.07, 6.45) is 2.56. The molecule has 1 heterocycles. The highest BCUT2D eigenvalue weighted by Crippen LogP contribution is 2.19. The van der Waals surface area contributed by atoms with Crippen LogP contribution in [-0.4, -0.2) is 41.4 Å². The summed E-state index contributed by atoms with van der Waals surface area (Å²) in [5.74, 6) is 0.0198. The second-order valence-electron chi connectivity index (χ2n) is 4.63. The molecule has 0 aliphatic carbocycles. The van der Waals surface area contributed by atoms with Gasteiger partial charge in [0.25, 0.3) is 0 Å². The van der Waals surface area contributed by atoms with Crippen molar-refractivity contribution in [1.29, 1.82) is 0 Å². The van der Waals surface area contributed by atoms with E-state index in [-0.39, 0.29) is 11.9 Å². The summed E-state index contributed by atoms with van der Waals surface area (Å²) in [4.78, 5) is 16.9. The van der Waals surface area contributed by atoms with Crippen molar-refractivity contribution < 1.29 is 4.79 Å². The summed E-state index contributed by atoms with van der Waals surface area (Å²) in [6, 6.07) is 7.73. The van der Waals surface area contributed by atoms with Crippen LogP contribution in [0.15, 0.2) is 30.5 Å². The molecular formula is C14H17N3OS. The van der Waals surface area contributed by atoms with Gasteiger partial charge in [-0.25, -0.2) is 0 Å². The Morgan fingerprint density at radius 2 is 2.21 bits per heavy atom. The number of carbonyl (C=O) groups is 1. The van der Waals surface area contributed by atoms with Crippen LogP contribution in [0.2, 0.25) is 0 Å². The fourth-order valence-electron chi connectivity index (χ4n) is 2.13. The molecule has 0 bridgehead atoms. The quantitative estimate of drug-likeness (QED) is 0.817. The van der Waals surface area contributed by atoms with Crippen molar-refractivity contribution in [3.8, 4) is 0 Å². The van der Waals surface area contributed by atoms with Crippen molar-refractivity contribution >= 4 is 34.5 Å². The highest BCUT2D eigenvalue weighted by molar-refractivity contribution is 7.78. The van der Waals surface area contributed by atoms with Crippen LogP contribution >= 0.6 is 12.2 Å².